The Bertz CT molecular complexity index is 504. The molecule has 1 aromatic rings. The molecule has 1 amide bonds. The molecule has 21 heavy (non-hydrogen) atoms. The van der Waals surface area contributed by atoms with Crippen molar-refractivity contribution in [1.29, 1.82) is 0 Å². The first-order valence-electron chi connectivity index (χ1n) is 7.12. The molecule has 0 bridgehead atoms. The van der Waals surface area contributed by atoms with Crippen molar-refractivity contribution in [3.63, 3.8) is 0 Å². The minimum Gasteiger partial charge on any atom is -0.391 e. The van der Waals surface area contributed by atoms with E-state index >= 15 is 0 Å². The highest BCUT2D eigenvalue weighted by Gasteiger charge is 2.28. The number of likely N-dealkylation sites (N-methyl/N-ethyl adjacent to an activating group) is 1. The molecule has 0 atom stereocenters. The average Bonchev–Trinajstić information content (AvgIpc) is 2.98. The molecule has 1 saturated carbocycles. The van der Waals surface area contributed by atoms with E-state index in [1.54, 1.807) is 19.0 Å². The van der Waals surface area contributed by atoms with Gasteiger partial charge in [-0.05, 0) is 24.4 Å². The van der Waals surface area contributed by atoms with Gasteiger partial charge in [-0.15, -0.1) is 0 Å². The maximum atomic E-state index is 12.1. The number of nitrogens with zero attached hydrogens (tertiary/aromatic N) is 4. The van der Waals surface area contributed by atoms with Crippen LogP contribution in [0.4, 0.5) is 5.82 Å². The Balaban J connectivity index is 2.34. The van der Waals surface area contributed by atoms with Gasteiger partial charge in [-0.2, -0.15) is 0 Å². The van der Waals surface area contributed by atoms with Crippen molar-refractivity contribution in [1.82, 2.24) is 14.9 Å². The van der Waals surface area contributed by atoms with Gasteiger partial charge in [-0.25, -0.2) is 9.97 Å². The summed E-state index contributed by atoms with van der Waals surface area (Å²) in [6, 6.07) is 0.255. The number of hydrogen-bond donors (Lipinski definition) is 1. The van der Waals surface area contributed by atoms with Crippen LogP contribution in [0.15, 0.2) is 6.20 Å². The number of anilines is 1. The third kappa shape index (κ3) is 3.83. The molecular weight excluding hydrogens is 292 g/mol. The van der Waals surface area contributed by atoms with E-state index in [-0.39, 0.29) is 30.4 Å². The summed E-state index contributed by atoms with van der Waals surface area (Å²) in [5.41, 5.74) is 0.595. The van der Waals surface area contributed by atoms with Crippen LogP contribution >= 0.6 is 11.6 Å². The summed E-state index contributed by atoms with van der Waals surface area (Å²) in [6.45, 7) is 0.0594. The van der Waals surface area contributed by atoms with Gasteiger partial charge < -0.3 is 14.9 Å². The van der Waals surface area contributed by atoms with Gasteiger partial charge in [0.15, 0.2) is 0 Å². The second-order valence-electron chi connectivity index (χ2n) is 5.50. The highest BCUT2D eigenvalue weighted by molar-refractivity contribution is 6.28. The van der Waals surface area contributed by atoms with Crippen molar-refractivity contribution in [2.24, 2.45) is 0 Å². The van der Waals surface area contributed by atoms with E-state index in [1.807, 2.05) is 4.90 Å². The summed E-state index contributed by atoms with van der Waals surface area (Å²) in [6.07, 6.45) is 5.85. The van der Waals surface area contributed by atoms with E-state index in [4.69, 9.17) is 11.6 Å². The topological polar surface area (TPSA) is 69.6 Å². The maximum absolute atomic E-state index is 12.1. The van der Waals surface area contributed by atoms with Crippen molar-refractivity contribution >= 4 is 23.3 Å². The van der Waals surface area contributed by atoms with Crippen LogP contribution in [0, 0.1) is 0 Å². The Hall–Kier alpha value is -1.40. The number of carbonyl (C=O) groups excluding carboxylic acids is 1. The monoisotopic (exact) mass is 312 g/mol. The van der Waals surface area contributed by atoms with Gasteiger partial charge in [0.2, 0.25) is 11.2 Å². The fourth-order valence-corrected chi connectivity index (χ4v) is 2.75. The lowest BCUT2D eigenvalue weighted by atomic mass is 10.2. The van der Waals surface area contributed by atoms with Crippen molar-refractivity contribution < 1.29 is 9.90 Å². The Morgan fingerprint density at radius 3 is 2.67 bits per heavy atom. The molecule has 1 aromatic heterocycles. The van der Waals surface area contributed by atoms with E-state index in [0.29, 0.717) is 11.4 Å². The Labute approximate surface area is 129 Å². The molecule has 116 valence electrons. The van der Waals surface area contributed by atoms with Crippen molar-refractivity contribution in [2.45, 2.75) is 38.3 Å². The van der Waals surface area contributed by atoms with Crippen LogP contribution in [0.1, 0.15) is 31.2 Å². The number of aliphatic hydroxyl groups excluding tert-OH is 1. The summed E-state index contributed by atoms with van der Waals surface area (Å²) in [5, 5.41) is 9.63. The molecule has 1 heterocycles. The zero-order valence-corrected chi connectivity index (χ0v) is 13.2. The molecule has 6 nitrogen and oxygen atoms in total. The lowest BCUT2D eigenvalue weighted by Gasteiger charge is -2.31. The largest absolute Gasteiger partial charge is 0.391 e. The van der Waals surface area contributed by atoms with Crippen LogP contribution < -0.4 is 4.90 Å². The zero-order valence-electron chi connectivity index (χ0n) is 12.4. The number of aromatic nitrogens is 2. The zero-order chi connectivity index (χ0) is 15.4. The molecule has 1 aliphatic carbocycles. The molecule has 0 saturated heterocycles. The van der Waals surface area contributed by atoms with Gasteiger partial charge in [-0.1, -0.05) is 12.8 Å². The number of amides is 1. The Morgan fingerprint density at radius 2 is 2.10 bits per heavy atom. The predicted molar refractivity (Wildman–Crippen MR) is 81.3 cm³/mol. The number of carbonyl (C=O) groups is 1. The Kier molecular flexibility index (Phi) is 5.36. The molecule has 0 radical (unpaired) electrons. The summed E-state index contributed by atoms with van der Waals surface area (Å²) in [7, 11) is 3.46. The SMILES string of the molecule is CN(C)C(=O)CN(c1nc(Cl)ncc1CO)C1CCCC1. The first-order chi connectivity index (χ1) is 10.0. The normalized spacial score (nSPS) is 15.2. The number of halogens is 1. The lowest BCUT2D eigenvalue weighted by molar-refractivity contribution is -0.127. The van der Waals surface area contributed by atoms with Gasteiger partial charge in [0.1, 0.15) is 5.82 Å². The predicted octanol–water partition coefficient (Wildman–Crippen LogP) is 1.46. The van der Waals surface area contributed by atoms with E-state index in [0.717, 1.165) is 25.7 Å². The molecule has 1 fully saturated rings. The van der Waals surface area contributed by atoms with Crippen LogP contribution in [0.3, 0.4) is 0 Å². The van der Waals surface area contributed by atoms with Crippen molar-refractivity contribution in [2.75, 3.05) is 25.5 Å². The molecule has 2 rings (SSSR count). The third-order valence-corrected chi connectivity index (χ3v) is 4.01. The third-order valence-electron chi connectivity index (χ3n) is 3.82. The van der Waals surface area contributed by atoms with Crippen LogP contribution in [-0.4, -0.2) is 52.6 Å². The molecule has 0 unspecified atom stereocenters. The van der Waals surface area contributed by atoms with E-state index < -0.39 is 0 Å². The van der Waals surface area contributed by atoms with Crippen molar-refractivity contribution in [3.8, 4) is 0 Å². The average molecular weight is 313 g/mol. The first kappa shape index (κ1) is 16.0. The smallest absolute Gasteiger partial charge is 0.241 e. The number of hydrogen-bond acceptors (Lipinski definition) is 5. The fourth-order valence-electron chi connectivity index (χ4n) is 2.62. The van der Waals surface area contributed by atoms with E-state index in [9.17, 15) is 9.90 Å². The van der Waals surface area contributed by atoms with Crippen LogP contribution in [0.5, 0.6) is 0 Å². The second-order valence-corrected chi connectivity index (χ2v) is 5.84. The van der Waals surface area contributed by atoms with Crippen LogP contribution in [0.2, 0.25) is 5.28 Å². The van der Waals surface area contributed by atoms with Crippen LogP contribution in [-0.2, 0) is 11.4 Å². The first-order valence-corrected chi connectivity index (χ1v) is 7.49. The standard InChI is InChI=1S/C14H21ClN4O2/c1-18(2)12(21)8-19(11-5-3-4-6-11)13-10(9-20)7-16-14(15)17-13/h7,11,20H,3-6,8-9H2,1-2H3. The van der Waals surface area contributed by atoms with Gasteiger partial charge in [0.25, 0.3) is 0 Å². The molecule has 0 spiro atoms. The van der Waals surface area contributed by atoms with E-state index in [2.05, 4.69) is 9.97 Å². The number of rotatable bonds is 5. The minimum atomic E-state index is -0.175. The van der Waals surface area contributed by atoms with Gasteiger partial charge >= 0.3 is 0 Å². The molecule has 7 heteroatoms. The molecule has 0 aromatic carbocycles. The number of aliphatic hydroxyl groups is 1. The van der Waals surface area contributed by atoms with Gasteiger partial charge in [0, 0.05) is 31.9 Å². The van der Waals surface area contributed by atoms with Gasteiger partial charge in [-0.3, -0.25) is 4.79 Å². The molecule has 0 aliphatic heterocycles. The summed E-state index contributed by atoms with van der Waals surface area (Å²) >= 11 is 5.90. The Morgan fingerprint density at radius 1 is 1.43 bits per heavy atom. The molecule has 1 aliphatic rings. The highest BCUT2D eigenvalue weighted by atomic mass is 35.5. The van der Waals surface area contributed by atoms with Gasteiger partial charge in [0.05, 0.1) is 13.2 Å². The fraction of sp³-hybridized carbons (Fsp3) is 0.643. The molecule has 1 N–H and O–H groups in total. The quantitative estimate of drug-likeness (QED) is 0.834. The summed E-state index contributed by atoms with van der Waals surface area (Å²) in [4.78, 5) is 23.8. The molecular formula is C14H21ClN4O2. The van der Waals surface area contributed by atoms with E-state index in [1.165, 1.54) is 6.20 Å². The minimum absolute atomic E-state index is 0.000486. The summed E-state index contributed by atoms with van der Waals surface area (Å²) < 4.78 is 0. The lowest BCUT2D eigenvalue weighted by Crippen LogP contribution is -2.42. The second kappa shape index (κ2) is 7.04. The highest BCUT2D eigenvalue weighted by Crippen LogP contribution is 2.29. The van der Waals surface area contributed by atoms with Crippen molar-refractivity contribution in [3.05, 3.63) is 17.0 Å². The van der Waals surface area contributed by atoms with Crippen LogP contribution in [0.25, 0.3) is 0 Å². The maximum Gasteiger partial charge on any atom is 0.241 e. The summed E-state index contributed by atoms with van der Waals surface area (Å²) in [5.74, 6) is 0.570.